The molecule has 2 atom stereocenters. The zero-order valence-electron chi connectivity index (χ0n) is 11.0. The maximum Gasteiger partial charge on any atom is 0.263 e. The highest BCUT2D eigenvalue weighted by Gasteiger charge is 2.31. The molecular weight excluding hydrogens is 247 g/mol. The molecule has 2 N–H and O–H groups in total. The van der Waals surface area contributed by atoms with E-state index in [1.54, 1.807) is 24.0 Å². The summed E-state index contributed by atoms with van der Waals surface area (Å²) in [5, 5.41) is 0. The summed E-state index contributed by atoms with van der Waals surface area (Å²) in [5.74, 6) is -0.0975. The second-order valence-electron chi connectivity index (χ2n) is 4.78. The topological polar surface area (TPSA) is 55.6 Å². The Morgan fingerprint density at radius 3 is 3.11 bits per heavy atom. The minimum atomic E-state index is -0.631. The molecule has 1 aliphatic heterocycles. The van der Waals surface area contributed by atoms with E-state index in [2.05, 4.69) is 0 Å². The SMILES string of the molecule is C[C@H](Oc1cccc(F)c1)C(=O)N1CCC[C@@H]1CN. The van der Waals surface area contributed by atoms with E-state index in [1.807, 2.05) is 0 Å². The summed E-state index contributed by atoms with van der Waals surface area (Å²) in [4.78, 5) is 14.0. The van der Waals surface area contributed by atoms with Crippen LogP contribution in [0.25, 0.3) is 0 Å². The number of benzene rings is 1. The minimum Gasteiger partial charge on any atom is -0.481 e. The number of hydrogen-bond acceptors (Lipinski definition) is 3. The standard InChI is InChI=1S/C14H19FN2O2/c1-10(19-13-6-2-4-11(15)8-13)14(18)17-7-3-5-12(17)9-16/h2,4,6,8,10,12H,3,5,7,9,16H2,1H3/t10-,12+/m0/s1. The smallest absolute Gasteiger partial charge is 0.263 e. The molecule has 0 bridgehead atoms. The molecule has 1 aromatic rings. The third kappa shape index (κ3) is 3.23. The maximum atomic E-state index is 13.0. The van der Waals surface area contributed by atoms with Crippen LogP contribution < -0.4 is 10.5 Å². The van der Waals surface area contributed by atoms with Crippen molar-refractivity contribution in [1.29, 1.82) is 0 Å². The number of nitrogens with two attached hydrogens (primary N) is 1. The molecule has 1 heterocycles. The number of nitrogens with zero attached hydrogens (tertiary/aromatic N) is 1. The quantitative estimate of drug-likeness (QED) is 0.899. The second kappa shape index (κ2) is 6.02. The van der Waals surface area contributed by atoms with Gasteiger partial charge in [-0.2, -0.15) is 0 Å². The molecule has 0 saturated carbocycles. The van der Waals surface area contributed by atoms with Gasteiger partial charge in [-0.25, -0.2) is 4.39 Å². The Balaban J connectivity index is 1.99. The second-order valence-corrected chi connectivity index (χ2v) is 4.78. The lowest BCUT2D eigenvalue weighted by Gasteiger charge is -2.26. The van der Waals surface area contributed by atoms with Gasteiger partial charge in [0.25, 0.3) is 5.91 Å². The Kier molecular flexibility index (Phi) is 4.37. The van der Waals surface area contributed by atoms with Gasteiger partial charge in [-0.3, -0.25) is 4.79 Å². The van der Waals surface area contributed by atoms with Gasteiger partial charge in [0.1, 0.15) is 11.6 Å². The van der Waals surface area contributed by atoms with E-state index in [9.17, 15) is 9.18 Å². The van der Waals surface area contributed by atoms with Crippen LogP contribution in [0.3, 0.4) is 0 Å². The molecule has 1 saturated heterocycles. The predicted octanol–water partition coefficient (Wildman–Crippen LogP) is 1.54. The van der Waals surface area contributed by atoms with Crippen molar-refractivity contribution in [2.75, 3.05) is 13.1 Å². The molecule has 1 aromatic carbocycles. The summed E-state index contributed by atoms with van der Waals surface area (Å²) < 4.78 is 18.5. The predicted molar refractivity (Wildman–Crippen MR) is 70.3 cm³/mol. The van der Waals surface area contributed by atoms with Crippen molar-refractivity contribution in [3.8, 4) is 5.75 Å². The van der Waals surface area contributed by atoms with Gasteiger partial charge < -0.3 is 15.4 Å². The van der Waals surface area contributed by atoms with Crippen molar-refractivity contribution in [2.45, 2.75) is 31.9 Å². The maximum absolute atomic E-state index is 13.0. The fraction of sp³-hybridized carbons (Fsp3) is 0.500. The van der Waals surface area contributed by atoms with E-state index < -0.39 is 6.10 Å². The third-order valence-electron chi connectivity index (χ3n) is 3.39. The van der Waals surface area contributed by atoms with Gasteiger partial charge in [0.2, 0.25) is 0 Å². The molecule has 0 aliphatic carbocycles. The normalized spacial score (nSPS) is 20.4. The Morgan fingerprint density at radius 1 is 1.63 bits per heavy atom. The Labute approximate surface area is 112 Å². The average molecular weight is 266 g/mol. The fourth-order valence-electron chi connectivity index (χ4n) is 2.40. The van der Waals surface area contributed by atoms with Crippen LogP contribution >= 0.6 is 0 Å². The van der Waals surface area contributed by atoms with Crippen LogP contribution in [0, 0.1) is 5.82 Å². The first-order chi connectivity index (χ1) is 9.11. The number of ether oxygens (including phenoxy) is 1. The lowest BCUT2D eigenvalue weighted by molar-refractivity contribution is -0.138. The molecule has 19 heavy (non-hydrogen) atoms. The van der Waals surface area contributed by atoms with Gasteiger partial charge in [0.15, 0.2) is 6.10 Å². The van der Waals surface area contributed by atoms with Gasteiger partial charge in [-0.1, -0.05) is 6.07 Å². The molecule has 1 fully saturated rings. The molecule has 1 amide bonds. The number of rotatable bonds is 4. The van der Waals surface area contributed by atoms with Crippen LogP contribution in [0.1, 0.15) is 19.8 Å². The molecular formula is C14H19FN2O2. The first kappa shape index (κ1) is 13.8. The lowest BCUT2D eigenvalue weighted by Crippen LogP contribution is -2.45. The van der Waals surface area contributed by atoms with Gasteiger partial charge in [-0.05, 0) is 31.9 Å². The minimum absolute atomic E-state index is 0.0859. The number of carbonyl (C=O) groups is 1. The van der Waals surface area contributed by atoms with Gasteiger partial charge in [0, 0.05) is 25.2 Å². The third-order valence-corrected chi connectivity index (χ3v) is 3.39. The summed E-state index contributed by atoms with van der Waals surface area (Å²) in [5.41, 5.74) is 5.65. The zero-order valence-corrected chi connectivity index (χ0v) is 11.0. The first-order valence-electron chi connectivity index (χ1n) is 6.54. The molecule has 0 unspecified atom stereocenters. The molecule has 4 nitrogen and oxygen atoms in total. The van der Waals surface area contributed by atoms with E-state index >= 15 is 0 Å². The largest absolute Gasteiger partial charge is 0.481 e. The summed E-state index contributed by atoms with van der Waals surface area (Å²) >= 11 is 0. The van der Waals surface area contributed by atoms with E-state index in [0.29, 0.717) is 12.3 Å². The average Bonchev–Trinajstić information content (AvgIpc) is 2.86. The van der Waals surface area contributed by atoms with E-state index in [4.69, 9.17) is 10.5 Å². The van der Waals surface area contributed by atoms with Gasteiger partial charge >= 0.3 is 0 Å². The zero-order chi connectivity index (χ0) is 13.8. The van der Waals surface area contributed by atoms with E-state index in [1.165, 1.54) is 12.1 Å². The Bertz CT molecular complexity index is 453. The molecule has 5 heteroatoms. The van der Waals surface area contributed by atoms with Crippen LogP contribution in [0.5, 0.6) is 5.75 Å². The monoisotopic (exact) mass is 266 g/mol. The number of likely N-dealkylation sites (tertiary alicyclic amines) is 1. The molecule has 0 radical (unpaired) electrons. The Hall–Kier alpha value is -1.62. The van der Waals surface area contributed by atoms with Gasteiger partial charge in [0.05, 0.1) is 0 Å². The van der Waals surface area contributed by atoms with Crippen molar-refractivity contribution in [1.82, 2.24) is 4.90 Å². The highest BCUT2D eigenvalue weighted by atomic mass is 19.1. The van der Waals surface area contributed by atoms with E-state index in [0.717, 1.165) is 19.4 Å². The summed E-state index contributed by atoms with van der Waals surface area (Å²) in [7, 11) is 0. The van der Waals surface area contributed by atoms with Crippen LogP contribution in [0.4, 0.5) is 4.39 Å². The summed E-state index contributed by atoms with van der Waals surface area (Å²) in [6.07, 6.45) is 1.28. The van der Waals surface area contributed by atoms with Crippen LogP contribution in [0.15, 0.2) is 24.3 Å². The van der Waals surface area contributed by atoms with Crippen molar-refractivity contribution >= 4 is 5.91 Å². The molecule has 0 aromatic heterocycles. The van der Waals surface area contributed by atoms with Gasteiger partial charge in [-0.15, -0.1) is 0 Å². The molecule has 1 aliphatic rings. The Morgan fingerprint density at radius 2 is 2.42 bits per heavy atom. The van der Waals surface area contributed by atoms with Crippen LogP contribution in [-0.4, -0.2) is 36.0 Å². The summed E-state index contributed by atoms with van der Waals surface area (Å²) in [6.45, 7) is 2.87. The van der Waals surface area contributed by atoms with Crippen molar-refractivity contribution < 1.29 is 13.9 Å². The van der Waals surface area contributed by atoms with Crippen LogP contribution in [0.2, 0.25) is 0 Å². The fourth-order valence-corrected chi connectivity index (χ4v) is 2.40. The number of amides is 1. The number of halogens is 1. The van der Waals surface area contributed by atoms with E-state index in [-0.39, 0.29) is 17.8 Å². The van der Waals surface area contributed by atoms with Crippen molar-refractivity contribution in [3.05, 3.63) is 30.1 Å². The van der Waals surface area contributed by atoms with Crippen molar-refractivity contribution in [3.63, 3.8) is 0 Å². The lowest BCUT2D eigenvalue weighted by atomic mass is 10.2. The molecule has 104 valence electrons. The molecule has 2 rings (SSSR count). The van der Waals surface area contributed by atoms with Crippen LogP contribution in [-0.2, 0) is 4.79 Å². The van der Waals surface area contributed by atoms with Crippen molar-refractivity contribution in [2.24, 2.45) is 5.73 Å². The number of hydrogen-bond donors (Lipinski definition) is 1. The molecule has 0 spiro atoms. The first-order valence-corrected chi connectivity index (χ1v) is 6.54. The highest BCUT2D eigenvalue weighted by molar-refractivity contribution is 5.81. The summed E-state index contributed by atoms with van der Waals surface area (Å²) in [6, 6.07) is 5.90. The highest BCUT2D eigenvalue weighted by Crippen LogP contribution is 2.20. The number of carbonyl (C=O) groups excluding carboxylic acids is 1.